The number of aromatic nitrogens is 5. The molecular weight excluding hydrogens is 714 g/mol. The number of halogens is 3. The quantitative estimate of drug-likeness (QED) is 0.225. The van der Waals surface area contributed by atoms with E-state index < -0.39 is 51.2 Å². The number of pyridine rings is 1. The maximum atomic E-state index is 14.4. The van der Waals surface area contributed by atoms with Crippen LogP contribution in [0.1, 0.15) is 65.7 Å². The number of nitrogens with zero attached hydrogens (tertiary/aromatic N) is 6. The van der Waals surface area contributed by atoms with E-state index in [0.717, 1.165) is 17.2 Å². The van der Waals surface area contributed by atoms with Crippen LogP contribution in [0.15, 0.2) is 48.8 Å². The fourth-order valence-corrected chi connectivity index (χ4v) is 8.58. The number of allylic oxidation sites excluding steroid dienone is 2. The van der Waals surface area contributed by atoms with Gasteiger partial charge in [-0.15, -0.1) is 0 Å². The van der Waals surface area contributed by atoms with Crippen LogP contribution in [-0.2, 0) is 38.8 Å². The van der Waals surface area contributed by atoms with Crippen molar-refractivity contribution in [3.05, 3.63) is 77.2 Å². The molecule has 2 aliphatic heterocycles. The van der Waals surface area contributed by atoms with Gasteiger partial charge >= 0.3 is 6.18 Å². The lowest BCUT2D eigenvalue weighted by molar-refractivity contribution is -0.141. The van der Waals surface area contributed by atoms with Crippen LogP contribution in [0.25, 0.3) is 22.0 Å². The molecule has 3 aromatic heterocycles. The van der Waals surface area contributed by atoms with E-state index in [-0.39, 0.29) is 48.1 Å². The second-order valence-corrected chi connectivity index (χ2v) is 15.9. The van der Waals surface area contributed by atoms with Crippen molar-refractivity contribution in [1.82, 2.24) is 34.4 Å². The van der Waals surface area contributed by atoms with E-state index >= 15 is 0 Å². The molecule has 0 unspecified atom stereocenters. The number of sulfonamides is 1. The van der Waals surface area contributed by atoms with Gasteiger partial charge < -0.3 is 10.2 Å². The van der Waals surface area contributed by atoms with Crippen LogP contribution in [0.4, 0.5) is 19.0 Å². The first-order valence-corrected chi connectivity index (χ1v) is 18.8. The van der Waals surface area contributed by atoms with E-state index in [0.29, 0.717) is 48.0 Å². The van der Waals surface area contributed by atoms with Gasteiger partial charge in [0.25, 0.3) is 0 Å². The number of hydrogen-bond acceptors (Lipinski definition) is 9. The first-order chi connectivity index (χ1) is 25.0. The molecule has 7 rings (SSSR count). The highest BCUT2D eigenvalue weighted by Crippen LogP contribution is 2.59. The molecule has 1 aromatic carbocycles. The number of carbonyl (C=O) groups excluding carboxylic acids is 3. The average molecular weight is 751 g/mol. The summed E-state index contributed by atoms with van der Waals surface area (Å²) in [6, 6.07) is 4.07. The number of Topliss-reactive ketones (excluding diaryl/α,β-unsaturated/α-hetero) is 1. The van der Waals surface area contributed by atoms with Crippen molar-refractivity contribution in [2.75, 3.05) is 17.6 Å². The molecular formula is C36H37F3N8O5S. The first-order valence-electron chi connectivity index (χ1n) is 17.2. The molecule has 0 radical (unpaired) electrons. The van der Waals surface area contributed by atoms with Crippen molar-refractivity contribution in [1.29, 1.82) is 0 Å². The van der Waals surface area contributed by atoms with Crippen LogP contribution in [0, 0.1) is 19.3 Å². The van der Waals surface area contributed by atoms with E-state index in [1.165, 1.54) is 29.5 Å². The Morgan fingerprint density at radius 1 is 1.06 bits per heavy atom. The SMILES string of the molecule is CC(=O)c1nn2c3c(cc(-c4cnc(C)nc4)cc13)CC=CCCCS(=O)(=O)NC[C@@]13C[C@@H](C(=O)Nc4nc(C(F)(F)F)ccc4C)N(C(=O)C2)[C@@H]1C3. The Morgan fingerprint density at radius 3 is 2.53 bits per heavy atom. The summed E-state index contributed by atoms with van der Waals surface area (Å²) in [5.74, 6) is -1.43. The van der Waals surface area contributed by atoms with Gasteiger partial charge in [0.05, 0.1) is 11.3 Å². The fourth-order valence-electron chi connectivity index (χ4n) is 7.38. The molecule has 3 atom stereocenters. The number of amides is 2. The van der Waals surface area contributed by atoms with E-state index in [4.69, 9.17) is 0 Å². The highest BCUT2D eigenvalue weighted by Gasteiger charge is 2.67. The Labute approximate surface area is 303 Å². The Hall–Kier alpha value is -5.03. The van der Waals surface area contributed by atoms with Crippen LogP contribution in [0.2, 0.25) is 0 Å². The highest BCUT2D eigenvalue weighted by atomic mass is 32.2. The molecule has 5 heterocycles. The zero-order chi connectivity index (χ0) is 37.9. The molecule has 13 nitrogen and oxygen atoms in total. The van der Waals surface area contributed by atoms with E-state index in [9.17, 15) is 36.0 Å². The summed E-state index contributed by atoms with van der Waals surface area (Å²) < 4.78 is 70.6. The summed E-state index contributed by atoms with van der Waals surface area (Å²) in [6.45, 7) is 4.28. The number of nitrogens with one attached hydrogen (secondary N) is 2. The molecule has 1 aliphatic carbocycles. The van der Waals surface area contributed by atoms with Gasteiger partial charge in [-0.1, -0.05) is 18.2 Å². The summed E-state index contributed by atoms with van der Waals surface area (Å²) >= 11 is 0. The zero-order valence-corrected chi connectivity index (χ0v) is 30.0. The second kappa shape index (κ2) is 13.4. The monoisotopic (exact) mass is 750 g/mol. The normalized spacial score (nSPS) is 23.1. The molecule has 2 amide bonds. The lowest BCUT2D eigenvalue weighted by Gasteiger charge is -2.27. The third-order valence-corrected chi connectivity index (χ3v) is 11.6. The Bertz CT molecular complexity index is 2290. The maximum Gasteiger partial charge on any atom is 0.433 e. The molecule has 1 saturated heterocycles. The number of aryl methyl sites for hydroxylation is 2. The summed E-state index contributed by atoms with van der Waals surface area (Å²) in [5.41, 5.74) is 1.21. The highest BCUT2D eigenvalue weighted by molar-refractivity contribution is 7.89. The number of rotatable bonds is 4. The second-order valence-electron chi connectivity index (χ2n) is 14.0. The number of anilines is 1. The minimum absolute atomic E-state index is 0.0148. The molecule has 3 aliphatic rings. The van der Waals surface area contributed by atoms with Crippen LogP contribution in [-0.4, -0.2) is 80.0 Å². The Morgan fingerprint density at radius 2 is 1.81 bits per heavy atom. The summed E-state index contributed by atoms with van der Waals surface area (Å²) in [5, 5.41) is 7.63. The molecule has 4 aromatic rings. The van der Waals surface area contributed by atoms with Gasteiger partial charge in [0.1, 0.15) is 35.6 Å². The average Bonchev–Trinajstić information content (AvgIpc) is 3.51. The Kier molecular flexibility index (Phi) is 9.21. The summed E-state index contributed by atoms with van der Waals surface area (Å²) in [6.07, 6.45) is 4.09. The van der Waals surface area contributed by atoms with Gasteiger partial charge in [0.2, 0.25) is 21.8 Å². The molecule has 278 valence electrons. The lowest BCUT2D eigenvalue weighted by Crippen LogP contribution is -2.47. The third kappa shape index (κ3) is 7.19. The molecule has 1 saturated carbocycles. The van der Waals surface area contributed by atoms with Crippen molar-refractivity contribution >= 4 is 44.3 Å². The smallest absolute Gasteiger partial charge is 0.325 e. The van der Waals surface area contributed by atoms with Crippen molar-refractivity contribution < 1.29 is 36.0 Å². The van der Waals surface area contributed by atoms with Crippen molar-refractivity contribution in [3.8, 4) is 11.1 Å². The van der Waals surface area contributed by atoms with E-state index in [2.05, 4.69) is 30.1 Å². The topological polar surface area (TPSA) is 169 Å². The number of hydrogen-bond donors (Lipinski definition) is 2. The molecule has 2 fully saturated rings. The predicted molar refractivity (Wildman–Crippen MR) is 188 cm³/mol. The third-order valence-electron chi connectivity index (χ3n) is 10.2. The molecule has 2 N–H and O–H groups in total. The number of benzene rings is 1. The minimum atomic E-state index is -4.75. The number of ketones is 1. The van der Waals surface area contributed by atoms with Gasteiger partial charge in [0, 0.05) is 48.3 Å². The van der Waals surface area contributed by atoms with Gasteiger partial charge in [-0.25, -0.2) is 28.1 Å². The van der Waals surface area contributed by atoms with Gasteiger partial charge in [-0.2, -0.15) is 18.3 Å². The van der Waals surface area contributed by atoms with Gasteiger partial charge in [-0.3, -0.25) is 19.1 Å². The van der Waals surface area contributed by atoms with E-state index in [1.807, 2.05) is 24.3 Å². The molecule has 2 bridgehead atoms. The predicted octanol–water partition coefficient (Wildman–Crippen LogP) is 4.54. The first kappa shape index (κ1) is 36.3. The fraction of sp³-hybridized carbons (Fsp3) is 0.417. The minimum Gasteiger partial charge on any atom is -0.325 e. The standard InChI is InChI=1S/C36H37F3N8O5S/c1-20-9-10-28(36(37,38)39)43-33(20)44-34(50)27-14-35-15-29(35)47(27)30(49)18-46-32-23(8-6-4-5-7-11-53(51,52)42-19-35)12-24(25-16-40-22(3)41-17-25)13-26(32)31(45-46)21(2)48/h4,6,9-10,12-13,16-17,27,29,42H,5,7-8,11,14-15,18-19H2,1-3H3,(H,43,44,50)/t27-,29+,35-/m0/s1. The van der Waals surface area contributed by atoms with Crippen molar-refractivity contribution in [2.45, 2.75) is 77.7 Å². The molecule has 53 heavy (non-hydrogen) atoms. The van der Waals surface area contributed by atoms with Crippen molar-refractivity contribution in [3.63, 3.8) is 0 Å². The molecule has 0 spiro atoms. The lowest BCUT2D eigenvalue weighted by atomic mass is 9.98. The van der Waals surface area contributed by atoms with Crippen LogP contribution in [0.3, 0.4) is 0 Å². The molecule has 17 heteroatoms. The number of carbonyl (C=O) groups is 3. The van der Waals surface area contributed by atoms with Gasteiger partial charge in [-0.05, 0) is 80.8 Å². The van der Waals surface area contributed by atoms with E-state index in [1.54, 1.807) is 19.3 Å². The van der Waals surface area contributed by atoms with Gasteiger partial charge in [0.15, 0.2) is 5.78 Å². The summed E-state index contributed by atoms with van der Waals surface area (Å²) in [4.78, 5) is 55.0. The summed E-state index contributed by atoms with van der Waals surface area (Å²) in [7, 11) is -3.70. The van der Waals surface area contributed by atoms with Crippen molar-refractivity contribution in [2.24, 2.45) is 5.41 Å². The maximum absolute atomic E-state index is 14.4. The van der Waals surface area contributed by atoms with Crippen LogP contribution < -0.4 is 10.0 Å². The zero-order valence-electron chi connectivity index (χ0n) is 29.2. The largest absolute Gasteiger partial charge is 0.433 e. The number of piperidine rings is 1. The van der Waals surface area contributed by atoms with Crippen LogP contribution in [0.5, 0.6) is 0 Å². The Balaban J connectivity index is 1.30. The number of alkyl halides is 3. The van der Waals surface area contributed by atoms with Crippen LogP contribution >= 0.6 is 0 Å².